The number of halogens is 1. The molecule has 4 nitrogen and oxygen atoms in total. The highest BCUT2D eigenvalue weighted by atomic mass is 35.5. The van der Waals surface area contributed by atoms with Crippen molar-refractivity contribution >= 4 is 22.6 Å². The summed E-state index contributed by atoms with van der Waals surface area (Å²) < 4.78 is 13.5. The Morgan fingerprint density at radius 2 is 1.96 bits per heavy atom. The molecule has 0 bridgehead atoms. The highest BCUT2D eigenvalue weighted by Crippen LogP contribution is 2.22. The van der Waals surface area contributed by atoms with E-state index < -0.39 is 0 Å². The van der Waals surface area contributed by atoms with E-state index in [9.17, 15) is 0 Å². The molecule has 0 aliphatic carbocycles. The van der Waals surface area contributed by atoms with Gasteiger partial charge in [-0.2, -0.15) is 0 Å². The second-order valence-electron chi connectivity index (χ2n) is 5.46. The van der Waals surface area contributed by atoms with E-state index >= 15 is 0 Å². The summed E-state index contributed by atoms with van der Waals surface area (Å²) in [5.41, 5.74) is 1.97. The van der Waals surface area contributed by atoms with Crippen molar-refractivity contribution in [3.63, 3.8) is 0 Å². The van der Waals surface area contributed by atoms with Gasteiger partial charge >= 0.3 is 0 Å². The van der Waals surface area contributed by atoms with Crippen molar-refractivity contribution in [3.05, 3.63) is 59.4 Å². The third-order valence-corrected chi connectivity index (χ3v) is 4.01. The lowest BCUT2D eigenvalue weighted by Crippen LogP contribution is -2.09. The van der Waals surface area contributed by atoms with E-state index in [0.29, 0.717) is 11.6 Å². The molecule has 0 aliphatic rings. The van der Waals surface area contributed by atoms with E-state index in [1.807, 2.05) is 55.5 Å². The number of ether oxygens (including phenoxy) is 2. The zero-order valence-corrected chi connectivity index (χ0v) is 14.5. The minimum Gasteiger partial charge on any atom is -0.486 e. The van der Waals surface area contributed by atoms with Gasteiger partial charge in [-0.25, -0.2) is 4.98 Å². The Balaban J connectivity index is 1.81. The molecule has 0 saturated carbocycles. The molecule has 0 unspecified atom stereocenters. The number of aromatic nitrogens is 2. The van der Waals surface area contributed by atoms with Crippen LogP contribution < -0.4 is 4.74 Å². The summed E-state index contributed by atoms with van der Waals surface area (Å²) in [7, 11) is 0. The Hall–Kier alpha value is -2.04. The number of hydrogen-bond acceptors (Lipinski definition) is 3. The Bertz CT molecular complexity index is 787. The van der Waals surface area contributed by atoms with Gasteiger partial charge in [0, 0.05) is 24.8 Å². The van der Waals surface area contributed by atoms with Gasteiger partial charge in [0.15, 0.2) is 0 Å². The lowest BCUT2D eigenvalue weighted by Gasteiger charge is -2.10. The maximum Gasteiger partial charge on any atom is 0.147 e. The highest BCUT2D eigenvalue weighted by Gasteiger charge is 2.12. The van der Waals surface area contributed by atoms with Gasteiger partial charge in [-0.3, -0.25) is 0 Å². The van der Waals surface area contributed by atoms with E-state index in [1.165, 1.54) is 0 Å². The molecule has 0 N–H and O–H groups in total. The SMILES string of the molecule is CCOCCCn1c(COc2ccccc2)nc2ccc(Cl)cc21. The predicted molar refractivity (Wildman–Crippen MR) is 96.6 cm³/mol. The second kappa shape index (κ2) is 8.18. The molecule has 0 spiro atoms. The van der Waals surface area contributed by atoms with Crippen LogP contribution in [0.4, 0.5) is 0 Å². The first kappa shape index (κ1) is 16.8. The van der Waals surface area contributed by atoms with Crippen LogP contribution in [-0.2, 0) is 17.9 Å². The van der Waals surface area contributed by atoms with Crippen LogP contribution in [0.3, 0.4) is 0 Å². The van der Waals surface area contributed by atoms with Gasteiger partial charge < -0.3 is 14.0 Å². The second-order valence-corrected chi connectivity index (χ2v) is 5.90. The molecule has 3 aromatic rings. The first-order valence-corrected chi connectivity index (χ1v) is 8.56. The molecule has 24 heavy (non-hydrogen) atoms. The van der Waals surface area contributed by atoms with Gasteiger partial charge in [0.05, 0.1) is 11.0 Å². The molecular weight excluding hydrogens is 324 g/mol. The van der Waals surface area contributed by atoms with Gasteiger partial charge in [-0.05, 0) is 43.7 Å². The van der Waals surface area contributed by atoms with Crippen LogP contribution in [-0.4, -0.2) is 22.8 Å². The number of aryl methyl sites for hydroxylation is 1. The fourth-order valence-corrected chi connectivity index (χ4v) is 2.81. The number of para-hydroxylation sites is 1. The summed E-state index contributed by atoms with van der Waals surface area (Å²) in [5.74, 6) is 1.73. The lowest BCUT2D eigenvalue weighted by atomic mass is 10.3. The van der Waals surface area contributed by atoms with E-state index in [0.717, 1.165) is 48.8 Å². The van der Waals surface area contributed by atoms with Crippen molar-refractivity contribution in [3.8, 4) is 5.75 Å². The first-order chi connectivity index (χ1) is 11.8. The molecule has 0 aliphatic heterocycles. The Kier molecular flexibility index (Phi) is 5.72. The van der Waals surface area contributed by atoms with E-state index in [-0.39, 0.29) is 0 Å². The molecule has 0 atom stereocenters. The third kappa shape index (κ3) is 4.08. The fraction of sp³-hybridized carbons (Fsp3) is 0.316. The van der Waals surface area contributed by atoms with Gasteiger partial charge in [0.25, 0.3) is 0 Å². The van der Waals surface area contributed by atoms with Gasteiger partial charge in [0.2, 0.25) is 0 Å². The van der Waals surface area contributed by atoms with E-state index in [4.69, 9.17) is 26.1 Å². The third-order valence-electron chi connectivity index (χ3n) is 3.77. The summed E-state index contributed by atoms with van der Waals surface area (Å²) in [6, 6.07) is 15.5. The van der Waals surface area contributed by atoms with Crippen LogP contribution in [0.2, 0.25) is 5.02 Å². The zero-order valence-electron chi connectivity index (χ0n) is 13.7. The molecule has 3 rings (SSSR count). The number of fused-ring (bicyclic) bond motifs is 1. The number of hydrogen-bond donors (Lipinski definition) is 0. The number of rotatable bonds is 8. The molecular formula is C19H21ClN2O2. The Morgan fingerprint density at radius 1 is 1.12 bits per heavy atom. The Labute approximate surface area is 147 Å². The van der Waals surface area contributed by atoms with Gasteiger partial charge in [-0.15, -0.1) is 0 Å². The molecule has 126 valence electrons. The minimum absolute atomic E-state index is 0.422. The van der Waals surface area contributed by atoms with Gasteiger partial charge in [0.1, 0.15) is 18.2 Å². The summed E-state index contributed by atoms with van der Waals surface area (Å²) in [4.78, 5) is 4.71. The van der Waals surface area contributed by atoms with Crippen molar-refractivity contribution < 1.29 is 9.47 Å². The summed E-state index contributed by atoms with van der Waals surface area (Å²) >= 11 is 6.16. The number of imidazole rings is 1. The quantitative estimate of drug-likeness (QED) is 0.556. The standard InChI is InChI=1S/C19H21ClN2O2/c1-2-23-12-6-11-22-18-13-15(20)9-10-17(18)21-19(22)14-24-16-7-4-3-5-8-16/h3-5,7-10,13H,2,6,11-12,14H2,1H3. The van der Waals surface area contributed by atoms with Gasteiger partial charge in [-0.1, -0.05) is 29.8 Å². The van der Waals surface area contributed by atoms with Crippen LogP contribution >= 0.6 is 11.6 Å². The van der Waals surface area contributed by atoms with Crippen molar-refractivity contribution in [1.29, 1.82) is 0 Å². The van der Waals surface area contributed by atoms with Crippen molar-refractivity contribution in [2.24, 2.45) is 0 Å². The highest BCUT2D eigenvalue weighted by molar-refractivity contribution is 6.31. The van der Waals surface area contributed by atoms with E-state index in [2.05, 4.69) is 4.57 Å². The fourth-order valence-electron chi connectivity index (χ4n) is 2.64. The molecule has 0 radical (unpaired) electrons. The summed E-state index contributed by atoms with van der Waals surface area (Å²) in [5, 5.41) is 0.712. The van der Waals surface area contributed by atoms with Crippen LogP contribution in [0.25, 0.3) is 11.0 Å². The monoisotopic (exact) mass is 344 g/mol. The lowest BCUT2D eigenvalue weighted by molar-refractivity contribution is 0.141. The van der Waals surface area contributed by atoms with E-state index in [1.54, 1.807) is 0 Å². The van der Waals surface area contributed by atoms with Crippen molar-refractivity contribution in [2.75, 3.05) is 13.2 Å². The normalized spacial score (nSPS) is 11.1. The topological polar surface area (TPSA) is 36.3 Å². The molecule has 5 heteroatoms. The van der Waals surface area contributed by atoms with Crippen molar-refractivity contribution in [1.82, 2.24) is 9.55 Å². The smallest absolute Gasteiger partial charge is 0.147 e. The molecule has 1 aromatic heterocycles. The largest absolute Gasteiger partial charge is 0.486 e. The zero-order chi connectivity index (χ0) is 16.8. The maximum atomic E-state index is 6.16. The molecule has 0 amide bonds. The molecule has 1 heterocycles. The Morgan fingerprint density at radius 3 is 2.75 bits per heavy atom. The molecule has 0 saturated heterocycles. The number of benzene rings is 2. The van der Waals surface area contributed by atoms with Crippen LogP contribution in [0.5, 0.6) is 5.75 Å². The molecule has 0 fully saturated rings. The summed E-state index contributed by atoms with van der Waals surface area (Å²) in [6.45, 7) is 4.72. The van der Waals surface area contributed by atoms with Crippen LogP contribution in [0.15, 0.2) is 48.5 Å². The number of nitrogens with zero attached hydrogens (tertiary/aromatic N) is 2. The molecule has 2 aromatic carbocycles. The van der Waals surface area contributed by atoms with Crippen LogP contribution in [0, 0.1) is 0 Å². The van der Waals surface area contributed by atoms with Crippen molar-refractivity contribution in [2.45, 2.75) is 26.5 Å². The van der Waals surface area contributed by atoms with Crippen LogP contribution in [0.1, 0.15) is 19.2 Å². The maximum absolute atomic E-state index is 6.16. The average Bonchev–Trinajstić information content (AvgIpc) is 2.95. The minimum atomic E-state index is 0.422. The average molecular weight is 345 g/mol. The summed E-state index contributed by atoms with van der Waals surface area (Å²) in [6.07, 6.45) is 0.921. The first-order valence-electron chi connectivity index (χ1n) is 8.18. The predicted octanol–water partition coefficient (Wildman–Crippen LogP) is 4.70.